The molecule has 0 aliphatic carbocycles. The van der Waals surface area contributed by atoms with Crippen molar-refractivity contribution < 1.29 is 30.0 Å². The minimum Gasteiger partial charge on any atom is -0.228 e. The average molecular weight is 340 g/mol. The summed E-state index contributed by atoms with van der Waals surface area (Å²) in [5.41, 5.74) is -1.68. The molecule has 1 aliphatic heterocycles. The molecule has 0 N–H and O–H groups in total. The fourth-order valence-electron chi connectivity index (χ4n) is 2.11. The Morgan fingerprint density at radius 1 is 1.05 bits per heavy atom. The van der Waals surface area contributed by atoms with Gasteiger partial charge in [0.15, 0.2) is 19.7 Å². The van der Waals surface area contributed by atoms with E-state index in [1.165, 1.54) is 6.07 Å². The van der Waals surface area contributed by atoms with Crippen LogP contribution in [0.5, 0.6) is 0 Å². The van der Waals surface area contributed by atoms with Gasteiger partial charge in [-0.2, -0.15) is 13.2 Å². The molecular weight excluding hydrogens is 329 g/mol. The molecule has 1 unspecified atom stereocenters. The van der Waals surface area contributed by atoms with Gasteiger partial charge in [0, 0.05) is 5.41 Å². The van der Waals surface area contributed by atoms with Crippen molar-refractivity contribution in [2.24, 2.45) is 0 Å². The first-order valence-electron chi connectivity index (χ1n) is 5.80. The largest absolute Gasteiger partial charge is 0.416 e. The molecular formula is C12H11F3O4S2. The second-order valence-corrected chi connectivity index (χ2v) is 8.78. The van der Waals surface area contributed by atoms with Gasteiger partial charge in [0.2, 0.25) is 0 Å². The molecule has 9 heteroatoms. The second kappa shape index (κ2) is 5.13. The quantitative estimate of drug-likeness (QED) is 0.785. The Labute approximate surface area is 120 Å². The lowest BCUT2D eigenvalue weighted by atomic mass is 10.0. The summed E-state index contributed by atoms with van der Waals surface area (Å²) < 4.78 is 86.5. The predicted molar refractivity (Wildman–Crippen MR) is 70.9 cm³/mol. The summed E-state index contributed by atoms with van der Waals surface area (Å²) in [6.07, 6.45) is -3.81. The van der Waals surface area contributed by atoms with Gasteiger partial charge in [0.05, 0.1) is 17.1 Å². The molecule has 1 aliphatic rings. The lowest BCUT2D eigenvalue weighted by molar-refractivity contribution is -0.138. The predicted octanol–water partition coefficient (Wildman–Crippen LogP) is 2.10. The van der Waals surface area contributed by atoms with Crippen molar-refractivity contribution >= 4 is 19.7 Å². The Bertz CT molecular complexity index is 777. The van der Waals surface area contributed by atoms with Crippen LogP contribution >= 0.6 is 0 Å². The summed E-state index contributed by atoms with van der Waals surface area (Å²) in [7, 11) is -7.91. The van der Waals surface area contributed by atoms with Gasteiger partial charge in [-0.25, -0.2) is 16.8 Å². The number of hydrogen-bond donors (Lipinski definition) is 0. The van der Waals surface area contributed by atoms with Crippen LogP contribution in [-0.2, 0) is 25.9 Å². The van der Waals surface area contributed by atoms with Crippen molar-refractivity contribution in [1.29, 1.82) is 0 Å². The minimum atomic E-state index is -4.76. The van der Waals surface area contributed by atoms with Crippen LogP contribution in [0.4, 0.5) is 13.2 Å². The summed E-state index contributed by atoms with van der Waals surface area (Å²) in [5, 5.41) is -1.07. The summed E-state index contributed by atoms with van der Waals surface area (Å²) >= 11 is 0. The van der Waals surface area contributed by atoms with Gasteiger partial charge in [0.1, 0.15) is 5.25 Å². The number of halogens is 3. The van der Waals surface area contributed by atoms with E-state index in [2.05, 4.69) is 0 Å². The van der Waals surface area contributed by atoms with E-state index in [1.54, 1.807) is 0 Å². The van der Waals surface area contributed by atoms with Gasteiger partial charge in [0.25, 0.3) is 0 Å². The van der Waals surface area contributed by atoms with Crippen molar-refractivity contribution in [2.75, 3.05) is 11.5 Å². The molecule has 1 aromatic carbocycles. The number of sulfone groups is 2. The topological polar surface area (TPSA) is 68.3 Å². The Morgan fingerprint density at radius 3 is 2.29 bits per heavy atom. The van der Waals surface area contributed by atoms with Crippen LogP contribution < -0.4 is 0 Å². The number of benzene rings is 1. The molecule has 116 valence electrons. The maximum atomic E-state index is 13.0. The van der Waals surface area contributed by atoms with Gasteiger partial charge in [-0.1, -0.05) is 24.3 Å². The highest BCUT2D eigenvalue weighted by molar-refractivity contribution is 7.97. The van der Waals surface area contributed by atoms with Gasteiger partial charge in [-0.3, -0.25) is 0 Å². The van der Waals surface area contributed by atoms with Crippen LogP contribution in [0.2, 0.25) is 0 Å². The highest BCUT2D eigenvalue weighted by Gasteiger charge is 2.40. The molecule has 0 fully saturated rings. The van der Waals surface area contributed by atoms with E-state index in [1.807, 2.05) is 0 Å². The molecule has 21 heavy (non-hydrogen) atoms. The standard InChI is InChI=1S/C12H11F3O4S2/c13-12(14,15)10-5-2-1-4-9(10)11-8-20(16,17)6-3-7-21(11,18)19/h1-5,7,11H,6,8H2. The SMILES string of the molecule is O=S1(=O)CC=CS(=O)(=O)C(c2ccccc2C(F)(F)F)C1. The van der Waals surface area contributed by atoms with E-state index in [-0.39, 0.29) is 0 Å². The van der Waals surface area contributed by atoms with Crippen LogP contribution in [0, 0.1) is 0 Å². The van der Waals surface area contributed by atoms with Crippen molar-refractivity contribution in [3.63, 3.8) is 0 Å². The first-order chi connectivity index (χ1) is 9.53. The Hall–Kier alpha value is -1.35. The summed E-state index contributed by atoms with van der Waals surface area (Å²) in [6.45, 7) is 0. The van der Waals surface area contributed by atoms with Crippen LogP contribution in [0.3, 0.4) is 0 Å². The molecule has 2 rings (SSSR count). The second-order valence-electron chi connectivity index (χ2n) is 4.61. The van der Waals surface area contributed by atoms with Crippen molar-refractivity contribution in [2.45, 2.75) is 11.4 Å². The minimum absolute atomic E-state index is 0.503. The molecule has 0 saturated carbocycles. The third-order valence-electron chi connectivity index (χ3n) is 3.05. The number of hydrogen-bond acceptors (Lipinski definition) is 4. The molecule has 0 spiro atoms. The van der Waals surface area contributed by atoms with E-state index < -0.39 is 53.7 Å². The van der Waals surface area contributed by atoms with Crippen LogP contribution in [0.1, 0.15) is 16.4 Å². The summed E-state index contributed by atoms with van der Waals surface area (Å²) in [4.78, 5) is 0. The Balaban J connectivity index is 2.67. The highest BCUT2D eigenvalue weighted by Crippen LogP contribution is 2.38. The van der Waals surface area contributed by atoms with Crippen molar-refractivity contribution in [3.8, 4) is 0 Å². The fourth-order valence-corrected chi connectivity index (χ4v) is 5.89. The van der Waals surface area contributed by atoms with Crippen molar-refractivity contribution in [3.05, 3.63) is 46.9 Å². The Kier molecular flexibility index (Phi) is 3.92. The lowest BCUT2D eigenvalue weighted by Gasteiger charge is -2.19. The van der Waals surface area contributed by atoms with E-state index >= 15 is 0 Å². The highest BCUT2D eigenvalue weighted by atomic mass is 32.2. The third kappa shape index (κ3) is 3.46. The molecule has 0 radical (unpaired) electrons. The fraction of sp³-hybridized carbons (Fsp3) is 0.333. The molecule has 0 aromatic heterocycles. The zero-order chi connectivity index (χ0) is 15.9. The van der Waals surface area contributed by atoms with Gasteiger partial charge in [-0.15, -0.1) is 0 Å². The van der Waals surface area contributed by atoms with Crippen molar-refractivity contribution in [1.82, 2.24) is 0 Å². The van der Waals surface area contributed by atoms with E-state index in [4.69, 9.17) is 0 Å². The maximum Gasteiger partial charge on any atom is 0.416 e. The molecule has 0 saturated heterocycles. The molecule has 4 nitrogen and oxygen atoms in total. The Morgan fingerprint density at radius 2 is 1.67 bits per heavy atom. The van der Waals surface area contributed by atoms with Gasteiger partial charge >= 0.3 is 6.18 Å². The lowest BCUT2D eigenvalue weighted by Crippen LogP contribution is -2.23. The monoisotopic (exact) mass is 340 g/mol. The molecule has 0 bridgehead atoms. The van der Waals surface area contributed by atoms with E-state index in [0.29, 0.717) is 5.41 Å². The first-order valence-corrected chi connectivity index (χ1v) is 9.23. The van der Waals surface area contributed by atoms with Crippen LogP contribution in [0.25, 0.3) is 0 Å². The number of rotatable bonds is 1. The zero-order valence-electron chi connectivity index (χ0n) is 10.5. The van der Waals surface area contributed by atoms with E-state index in [0.717, 1.165) is 24.3 Å². The molecule has 0 amide bonds. The molecule has 1 heterocycles. The van der Waals surface area contributed by atoms with Crippen LogP contribution in [0.15, 0.2) is 35.7 Å². The average Bonchev–Trinajstić information content (AvgIpc) is 2.44. The maximum absolute atomic E-state index is 13.0. The summed E-state index contributed by atoms with van der Waals surface area (Å²) in [6, 6.07) is 4.12. The van der Waals surface area contributed by atoms with Gasteiger partial charge in [-0.05, 0) is 11.6 Å². The summed E-state index contributed by atoms with van der Waals surface area (Å²) in [5.74, 6) is -1.37. The molecule has 1 atom stereocenters. The normalized spacial score (nSPS) is 24.4. The number of alkyl halides is 3. The van der Waals surface area contributed by atoms with E-state index in [9.17, 15) is 30.0 Å². The first kappa shape index (κ1) is 16.0. The third-order valence-corrected chi connectivity index (χ3v) is 6.59. The van der Waals surface area contributed by atoms with Crippen LogP contribution in [-0.4, -0.2) is 28.3 Å². The smallest absolute Gasteiger partial charge is 0.228 e. The van der Waals surface area contributed by atoms with Gasteiger partial charge < -0.3 is 0 Å². The zero-order valence-corrected chi connectivity index (χ0v) is 12.2. The molecule has 1 aromatic rings.